The second-order valence-corrected chi connectivity index (χ2v) is 9.46. The summed E-state index contributed by atoms with van der Waals surface area (Å²) in [4.78, 5) is 0. The molecule has 0 aliphatic heterocycles. The second-order valence-electron chi connectivity index (χ2n) is 9.46. The molecule has 0 spiro atoms. The molecule has 164 valence electrons. The van der Waals surface area contributed by atoms with Crippen LogP contribution >= 0.6 is 0 Å². The lowest BCUT2D eigenvalue weighted by Gasteiger charge is -2.29. The van der Waals surface area contributed by atoms with Crippen LogP contribution in [0, 0.1) is 11.7 Å². The molecule has 0 amide bonds. The lowest BCUT2D eigenvalue weighted by Crippen LogP contribution is -2.13. The molecule has 1 fully saturated rings. The molecule has 1 heteroatoms. The van der Waals surface area contributed by atoms with E-state index in [9.17, 15) is 4.39 Å². The Bertz CT molecular complexity index is 737. The number of halogens is 1. The lowest BCUT2D eigenvalue weighted by molar-refractivity contribution is 0.301. The summed E-state index contributed by atoms with van der Waals surface area (Å²) in [5.41, 5.74) is 4.28. The molecule has 0 N–H and O–H groups in total. The summed E-state index contributed by atoms with van der Waals surface area (Å²) in [7, 11) is 0. The molecule has 0 heterocycles. The van der Waals surface area contributed by atoms with Crippen LogP contribution in [-0.2, 0) is 6.42 Å². The Morgan fingerprint density at radius 3 is 2.13 bits per heavy atom. The lowest BCUT2D eigenvalue weighted by atomic mass is 9.77. The quantitative estimate of drug-likeness (QED) is 0.325. The van der Waals surface area contributed by atoms with Gasteiger partial charge in [-0.15, -0.1) is 0 Å². The molecule has 3 rings (SSSR count). The van der Waals surface area contributed by atoms with Crippen LogP contribution in [0.1, 0.15) is 108 Å². The van der Waals surface area contributed by atoms with Gasteiger partial charge in [-0.1, -0.05) is 95.2 Å². The van der Waals surface area contributed by atoms with E-state index in [-0.39, 0.29) is 5.82 Å². The Hall–Kier alpha value is -1.63. The topological polar surface area (TPSA) is 0 Å². The fourth-order valence-corrected chi connectivity index (χ4v) is 5.07. The van der Waals surface area contributed by atoms with Crippen LogP contribution in [-0.4, -0.2) is 0 Å². The molecule has 0 unspecified atom stereocenters. The van der Waals surface area contributed by atoms with Crippen LogP contribution in [0.4, 0.5) is 4.39 Å². The van der Waals surface area contributed by atoms with Gasteiger partial charge in [-0.2, -0.15) is 0 Å². The second kappa shape index (κ2) is 12.3. The van der Waals surface area contributed by atoms with Crippen molar-refractivity contribution in [3.8, 4) is 11.1 Å². The third-order valence-corrected chi connectivity index (χ3v) is 7.11. The largest absolute Gasteiger partial charge is 0.206 e. The third-order valence-electron chi connectivity index (χ3n) is 7.11. The molecule has 1 aliphatic carbocycles. The monoisotopic (exact) mass is 408 g/mol. The maximum atomic E-state index is 14.9. The van der Waals surface area contributed by atoms with Crippen molar-refractivity contribution in [1.82, 2.24) is 0 Å². The molecule has 0 saturated heterocycles. The molecule has 2 aromatic carbocycles. The van der Waals surface area contributed by atoms with Crippen LogP contribution in [0.5, 0.6) is 0 Å². The van der Waals surface area contributed by atoms with Crippen LogP contribution in [0.25, 0.3) is 11.1 Å². The molecule has 0 bridgehead atoms. The van der Waals surface area contributed by atoms with Gasteiger partial charge in [0, 0.05) is 5.56 Å². The van der Waals surface area contributed by atoms with Gasteiger partial charge in [0.05, 0.1) is 0 Å². The van der Waals surface area contributed by atoms with Gasteiger partial charge in [0.25, 0.3) is 0 Å². The molecule has 0 atom stereocenters. The standard InChI is InChI=1S/C29H41F/c1-3-5-7-8-9-11-24-12-16-25(17-13-24)27-20-21-28(29(30)22-27)26-18-14-23(15-19-26)10-6-4-2/h14-15,18-22,24-25H,3-13,16-17H2,1-2H3/t24-,25-. The highest BCUT2D eigenvalue weighted by molar-refractivity contribution is 5.65. The van der Waals surface area contributed by atoms with Gasteiger partial charge in [-0.3, -0.25) is 0 Å². The summed E-state index contributed by atoms with van der Waals surface area (Å²) in [6.07, 6.45) is 16.9. The SMILES string of the molecule is CCCCCCC[C@H]1CC[C@H](c2ccc(-c3ccc(CCCC)cc3)c(F)c2)CC1. The van der Waals surface area contributed by atoms with E-state index in [2.05, 4.69) is 44.2 Å². The Kier molecular flexibility index (Phi) is 9.43. The van der Waals surface area contributed by atoms with Gasteiger partial charge < -0.3 is 0 Å². The van der Waals surface area contributed by atoms with Crippen LogP contribution in [0.15, 0.2) is 42.5 Å². The van der Waals surface area contributed by atoms with Crippen molar-refractivity contribution in [1.29, 1.82) is 0 Å². The molecule has 1 saturated carbocycles. The van der Waals surface area contributed by atoms with E-state index < -0.39 is 0 Å². The highest BCUT2D eigenvalue weighted by Crippen LogP contribution is 2.39. The number of unbranched alkanes of at least 4 members (excludes halogenated alkanes) is 5. The highest BCUT2D eigenvalue weighted by Gasteiger charge is 2.23. The first-order valence-corrected chi connectivity index (χ1v) is 12.6. The minimum absolute atomic E-state index is 0.0631. The van der Waals surface area contributed by atoms with Gasteiger partial charge in [-0.05, 0) is 73.1 Å². The number of aryl methyl sites for hydroxylation is 1. The van der Waals surface area contributed by atoms with Gasteiger partial charge in [0.15, 0.2) is 0 Å². The average Bonchev–Trinajstić information content (AvgIpc) is 2.78. The summed E-state index contributed by atoms with van der Waals surface area (Å²) < 4.78 is 14.9. The first kappa shape index (κ1) is 23.0. The zero-order chi connectivity index (χ0) is 21.2. The van der Waals surface area contributed by atoms with Crippen molar-refractivity contribution in [2.75, 3.05) is 0 Å². The van der Waals surface area contributed by atoms with Crippen molar-refractivity contribution in [3.63, 3.8) is 0 Å². The van der Waals surface area contributed by atoms with E-state index in [0.717, 1.165) is 23.5 Å². The Morgan fingerprint density at radius 1 is 0.767 bits per heavy atom. The van der Waals surface area contributed by atoms with Crippen molar-refractivity contribution in [2.45, 2.75) is 103 Å². The molecular formula is C29H41F. The Balaban J connectivity index is 1.52. The van der Waals surface area contributed by atoms with E-state index in [1.54, 1.807) is 0 Å². The molecule has 2 aromatic rings. The van der Waals surface area contributed by atoms with Gasteiger partial charge >= 0.3 is 0 Å². The van der Waals surface area contributed by atoms with Crippen molar-refractivity contribution < 1.29 is 4.39 Å². The number of hydrogen-bond donors (Lipinski definition) is 0. The zero-order valence-electron chi connectivity index (χ0n) is 19.3. The Morgan fingerprint density at radius 2 is 1.47 bits per heavy atom. The minimum Gasteiger partial charge on any atom is -0.206 e. The fourth-order valence-electron chi connectivity index (χ4n) is 5.07. The first-order valence-electron chi connectivity index (χ1n) is 12.6. The van der Waals surface area contributed by atoms with E-state index >= 15 is 0 Å². The summed E-state index contributed by atoms with van der Waals surface area (Å²) in [6.45, 7) is 4.49. The van der Waals surface area contributed by atoms with Crippen molar-refractivity contribution in [3.05, 3.63) is 59.4 Å². The summed E-state index contributed by atoms with van der Waals surface area (Å²) in [5.74, 6) is 1.38. The number of hydrogen-bond acceptors (Lipinski definition) is 0. The van der Waals surface area contributed by atoms with Crippen molar-refractivity contribution >= 4 is 0 Å². The van der Waals surface area contributed by atoms with Crippen molar-refractivity contribution in [2.24, 2.45) is 5.92 Å². The van der Waals surface area contributed by atoms with E-state index in [0.29, 0.717) is 5.92 Å². The predicted octanol–water partition coefficient (Wildman–Crippen LogP) is 9.47. The Labute approximate surface area is 184 Å². The van der Waals surface area contributed by atoms with E-state index in [4.69, 9.17) is 0 Å². The molecule has 1 aliphatic rings. The molecule has 30 heavy (non-hydrogen) atoms. The van der Waals surface area contributed by atoms with E-state index in [1.165, 1.54) is 88.2 Å². The number of rotatable bonds is 11. The first-order chi connectivity index (χ1) is 14.7. The van der Waals surface area contributed by atoms with Gasteiger partial charge in [-0.25, -0.2) is 4.39 Å². The molecule has 0 nitrogen and oxygen atoms in total. The molecular weight excluding hydrogens is 367 g/mol. The third kappa shape index (κ3) is 6.69. The normalized spacial score (nSPS) is 19.2. The van der Waals surface area contributed by atoms with Crippen LogP contribution in [0.3, 0.4) is 0 Å². The number of benzene rings is 2. The van der Waals surface area contributed by atoms with Gasteiger partial charge in [0.2, 0.25) is 0 Å². The van der Waals surface area contributed by atoms with E-state index in [1.807, 2.05) is 12.1 Å². The maximum absolute atomic E-state index is 14.9. The van der Waals surface area contributed by atoms with Crippen LogP contribution in [0.2, 0.25) is 0 Å². The maximum Gasteiger partial charge on any atom is 0.131 e. The van der Waals surface area contributed by atoms with Gasteiger partial charge in [0.1, 0.15) is 5.82 Å². The predicted molar refractivity (Wildman–Crippen MR) is 129 cm³/mol. The summed E-state index contributed by atoms with van der Waals surface area (Å²) in [6, 6.07) is 14.5. The van der Waals surface area contributed by atoms with Crippen LogP contribution < -0.4 is 0 Å². The summed E-state index contributed by atoms with van der Waals surface area (Å²) in [5, 5.41) is 0. The smallest absolute Gasteiger partial charge is 0.131 e. The minimum atomic E-state index is -0.0631. The molecule has 0 radical (unpaired) electrons. The zero-order valence-corrected chi connectivity index (χ0v) is 19.3. The summed E-state index contributed by atoms with van der Waals surface area (Å²) >= 11 is 0. The molecule has 0 aromatic heterocycles. The fraction of sp³-hybridized carbons (Fsp3) is 0.586. The highest BCUT2D eigenvalue weighted by atomic mass is 19.1. The average molecular weight is 409 g/mol.